The highest BCUT2D eigenvalue weighted by Gasteiger charge is 2.39. The van der Waals surface area contributed by atoms with E-state index in [-0.39, 0.29) is 6.04 Å². The Labute approximate surface area is 159 Å². The van der Waals surface area contributed by atoms with Crippen LogP contribution in [0.25, 0.3) is 11.1 Å². The summed E-state index contributed by atoms with van der Waals surface area (Å²) >= 11 is 0. The van der Waals surface area contributed by atoms with Crippen LogP contribution in [0.2, 0.25) is 0 Å². The number of hydrogen-bond donors (Lipinski definition) is 1. The van der Waals surface area contributed by atoms with Gasteiger partial charge in [-0.15, -0.1) is 0 Å². The molecule has 0 saturated heterocycles. The van der Waals surface area contributed by atoms with E-state index in [1.54, 1.807) is 28.4 Å². The van der Waals surface area contributed by atoms with Crippen molar-refractivity contribution in [1.29, 1.82) is 0 Å². The van der Waals surface area contributed by atoms with Gasteiger partial charge >= 0.3 is 0 Å². The summed E-state index contributed by atoms with van der Waals surface area (Å²) in [4.78, 5) is 2.20. The number of aliphatic hydroxyl groups excluding tert-OH is 1. The van der Waals surface area contributed by atoms with E-state index in [4.69, 9.17) is 18.9 Å². The Morgan fingerprint density at radius 1 is 0.926 bits per heavy atom. The molecule has 27 heavy (non-hydrogen) atoms. The smallest absolute Gasteiger partial charge is 0.168 e. The normalized spacial score (nSPS) is 20.5. The van der Waals surface area contributed by atoms with Crippen molar-refractivity contribution in [3.05, 3.63) is 34.9 Å². The Morgan fingerprint density at radius 3 is 2.22 bits per heavy atom. The van der Waals surface area contributed by atoms with Gasteiger partial charge in [0.1, 0.15) is 0 Å². The zero-order chi connectivity index (χ0) is 19.3. The van der Waals surface area contributed by atoms with Crippen LogP contribution >= 0.6 is 0 Å². The first-order valence-corrected chi connectivity index (χ1v) is 8.96. The molecule has 0 aromatic heterocycles. The lowest BCUT2D eigenvalue weighted by Gasteiger charge is -2.42. The van der Waals surface area contributed by atoms with Gasteiger partial charge in [-0.3, -0.25) is 4.90 Å². The number of aliphatic hydroxyl groups is 1. The fourth-order valence-corrected chi connectivity index (χ4v) is 4.44. The van der Waals surface area contributed by atoms with Gasteiger partial charge in [-0.2, -0.15) is 0 Å². The molecule has 0 saturated carbocycles. The zero-order valence-corrected chi connectivity index (χ0v) is 16.3. The molecule has 1 heterocycles. The average molecular weight is 371 g/mol. The summed E-state index contributed by atoms with van der Waals surface area (Å²) in [6.07, 6.45) is 0.260. The minimum atomic E-state index is -0.568. The largest absolute Gasteiger partial charge is 0.493 e. The van der Waals surface area contributed by atoms with Gasteiger partial charge in [-0.05, 0) is 53.9 Å². The molecule has 6 nitrogen and oxygen atoms in total. The van der Waals surface area contributed by atoms with Gasteiger partial charge in [0.15, 0.2) is 23.0 Å². The lowest BCUT2D eigenvalue weighted by molar-refractivity contribution is 0.0828. The van der Waals surface area contributed by atoms with E-state index in [0.29, 0.717) is 29.5 Å². The summed E-state index contributed by atoms with van der Waals surface area (Å²) < 4.78 is 22.4. The molecule has 2 aromatic rings. The molecule has 0 fully saturated rings. The van der Waals surface area contributed by atoms with E-state index in [9.17, 15) is 5.11 Å². The Balaban J connectivity index is 2.09. The van der Waals surface area contributed by atoms with Crippen LogP contribution in [0.5, 0.6) is 23.0 Å². The van der Waals surface area contributed by atoms with Crippen LogP contribution in [0.1, 0.15) is 28.8 Å². The molecule has 6 heteroatoms. The predicted octanol–water partition coefficient (Wildman–Crippen LogP) is 2.96. The van der Waals surface area contributed by atoms with E-state index in [2.05, 4.69) is 4.90 Å². The molecule has 1 aliphatic carbocycles. The molecule has 2 aromatic carbocycles. The summed E-state index contributed by atoms with van der Waals surface area (Å²) in [5.74, 6) is 2.67. The van der Waals surface area contributed by atoms with Crippen molar-refractivity contribution in [1.82, 2.24) is 4.90 Å². The minimum absolute atomic E-state index is 0.156. The van der Waals surface area contributed by atoms with Crippen LogP contribution in [0.15, 0.2) is 18.2 Å². The summed E-state index contributed by atoms with van der Waals surface area (Å²) in [5.41, 5.74) is 5.16. The van der Waals surface area contributed by atoms with Gasteiger partial charge in [0, 0.05) is 18.2 Å². The predicted molar refractivity (Wildman–Crippen MR) is 102 cm³/mol. The number of benzene rings is 2. The highest BCUT2D eigenvalue weighted by Crippen LogP contribution is 2.55. The first-order valence-electron chi connectivity index (χ1n) is 8.96. The zero-order valence-electron chi connectivity index (χ0n) is 16.3. The van der Waals surface area contributed by atoms with Crippen molar-refractivity contribution in [2.24, 2.45) is 0 Å². The molecule has 0 spiro atoms. The molecular weight excluding hydrogens is 346 g/mol. The first kappa shape index (κ1) is 17.9. The maximum Gasteiger partial charge on any atom is 0.168 e. The maximum absolute atomic E-state index is 10.7. The number of β-amino-alcohol motifs (C(OH)–C–C–N with tert-alkyl or cyclic N) is 1. The maximum atomic E-state index is 10.7. The molecule has 2 atom stereocenters. The van der Waals surface area contributed by atoms with Crippen molar-refractivity contribution < 1.29 is 24.1 Å². The second kappa shape index (κ2) is 6.62. The van der Waals surface area contributed by atoms with E-state index in [0.717, 1.165) is 34.2 Å². The topological polar surface area (TPSA) is 60.4 Å². The van der Waals surface area contributed by atoms with Crippen molar-refractivity contribution in [3.63, 3.8) is 0 Å². The van der Waals surface area contributed by atoms with Gasteiger partial charge in [0.2, 0.25) is 0 Å². The van der Waals surface area contributed by atoms with Crippen LogP contribution in [-0.4, -0.2) is 52.0 Å². The van der Waals surface area contributed by atoms with Gasteiger partial charge in [-0.1, -0.05) is 0 Å². The van der Waals surface area contributed by atoms with Crippen LogP contribution in [0, 0.1) is 0 Å². The second-order valence-electron chi connectivity index (χ2n) is 7.03. The number of likely N-dealkylation sites (N-methyl/N-ethyl adjacent to an activating group) is 1. The highest BCUT2D eigenvalue weighted by molar-refractivity contribution is 5.85. The molecule has 2 aliphatic rings. The molecule has 0 amide bonds. The Bertz CT molecular complexity index is 895. The SMILES string of the molecule is COc1cc2c(cc1OC)-c1c(OC)c(OC)cc3c1[C@H](C2)N(C)C[C@@H]3O. The first-order chi connectivity index (χ1) is 13.0. The molecule has 1 N–H and O–H groups in total. The number of rotatable bonds is 4. The number of nitrogens with zero attached hydrogens (tertiary/aromatic N) is 1. The van der Waals surface area contributed by atoms with E-state index >= 15 is 0 Å². The quantitative estimate of drug-likeness (QED) is 0.892. The van der Waals surface area contributed by atoms with Gasteiger partial charge < -0.3 is 24.1 Å². The average Bonchev–Trinajstić information content (AvgIpc) is 2.69. The van der Waals surface area contributed by atoms with Crippen LogP contribution in [-0.2, 0) is 6.42 Å². The van der Waals surface area contributed by atoms with Gasteiger partial charge in [-0.25, -0.2) is 0 Å². The fourth-order valence-electron chi connectivity index (χ4n) is 4.44. The third-order valence-corrected chi connectivity index (χ3v) is 5.72. The highest BCUT2D eigenvalue weighted by atomic mass is 16.5. The van der Waals surface area contributed by atoms with Crippen molar-refractivity contribution in [3.8, 4) is 34.1 Å². The van der Waals surface area contributed by atoms with Crippen molar-refractivity contribution in [2.45, 2.75) is 18.6 Å². The fraction of sp³-hybridized carbons (Fsp3) is 0.429. The molecular formula is C21H25NO5. The van der Waals surface area contributed by atoms with Crippen LogP contribution in [0.4, 0.5) is 0 Å². The number of fused-ring (bicyclic) bond motifs is 2. The summed E-state index contributed by atoms with van der Waals surface area (Å²) in [5, 5.41) is 10.7. The summed E-state index contributed by atoms with van der Waals surface area (Å²) in [6, 6.07) is 6.09. The van der Waals surface area contributed by atoms with Crippen molar-refractivity contribution in [2.75, 3.05) is 42.0 Å². The van der Waals surface area contributed by atoms with Crippen LogP contribution in [0.3, 0.4) is 0 Å². The summed E-state index contributed by atoms with van der Waals surface area (Å²) in [6.45, 7) is 0.579. The van der Waals surface area contributed by atoms with Gasteiger partial charge in [0.05, 0.1) is 34.5 Å². The molecule has 1 aliphatic heterocycles. The number of methoxy groups -OCH3 is 4. The van der Waals surface area contributed by atoms with Crippen molar-refractivity contribution >= 4 is 0 Å². The van der Waals surface area contributed by atoms with Crippen LogP contribution < -0.4 is 18.9 Å². The Kier molecular flexibility index (Phi) is 4.40. The monoisotopic (exact) mass is 371 g/mol. The third kappa shape index (κ3) is 2.55. The minimum Gasteiger partial charge on any atom is -0.493 e. The standard InChI is InChI=1S/C21H25NO5/c1-22-10-15(23)13-9-18(26-4)21(27-5)20-12-8-17(25-3)16(24-2)7-11(12)6-14(22)19(13)20/h7-9,14-15,23H,6,10H2,1-5H3/t14-,15-/m0/s1. The Morgan fingerprint density at radius 2 is 1.59 bits per heavy atom. The molecule has 4 rings (SSSR count). The van der Waals surface area contributed by atoms with E-state index in [1.165, 1.54) is 0 Å². The molecule has 0 radical (unpaired) electrons. The second-order valence-corrected chi connectivity index (χ2v) is 7.03. The molecule has 0 unspecified atom stereocenters. The summed E-state index contributed by atoms with van der Waals surface area (Å²) in [7, 11) is 8.59. The number of ether oxygens (including phenoxy) is 4. The third-order valence-electron chi connectivity index (χ3n) is 5.72. The molecule has 0 bridgehead atoms. The van der Waals surface area contributed by atoms with Gasteiger partial charge in [0.25, 0.3) is 0 Å². The number of hydrogen-bond acceptors (Lipinski definition) is 6. The van der Waals surface area contributed by atoms with E-state index < -0.39 is 6.10 Å². The molecule has 144 valence electrons. The lowest BCUT2D eigenvalue weighted by atomic mass is 9.76. The Hall–Kier alpha value is -2.44. The van der Waals surface area contributed by atoms with E-state index in [1.807, 2.05) is 25.2 Å². The lowest BCUT2D eigenvalue weighted by Crippen LogP contribution is -2.38.